The van der Waals surface area contributed by atoms with E-state index in [0.717, 1.165) is 44.1 Å². The maximum Gasteiger partial charge on any atom is 0.234 e. The lowest BCUT2D eigenvalue weighted by Crippen LogP contribution is -2.56. The van der Waals surface area contributed by atoms with Crippen LogP contribution in [0.2, 0.25) is 0 Å². The second-order valence-electron chi connectivity index (χ2n) is 8.78. The maximum atomic E-state index is 12.7. The normalized spacial score (nSPS) is 26.1. The van der Waals surface area contributed by atoms with Gasteiger partial charge in [0.15, 0.2) is 11.5 Å². The molecule has 1 saturated carbocycles. The Balaban J connectivity index is 1.96. The molecule has 31 heavy (non-hydrogen) atoms. The lowest BCUT2D eigenvalue weighted by atomic mass is 9.66. The maximum absolute atomic E-state index is 12.7. The molecule has 3 rings (SSSR count). The Bertz CT molecular complexity index is 730. The summed E-state index contributed by atoms with van der Waals surface area (Å²) in [7, 11) is 4.81. The molecule has 174 valence electrons. The number of nitrogens with zero attached hydrogens (tertiary/aromatic N) is 1. The minimum atomic E-state index is -0.696. The summed E-state index contributed by atoms with van der Waals surface area (Å²) in [6.07, 6.45) is 6.61. The Morgan fingerprint density at radius 3 is 2.48 bits per heavy atom. The van der Waals surface area contributed by atoms with Crippen LogP contribution >= 0.6 is 0 Å². The molecule has 0 spiro atoms. The van der Waals surface area contributed by atoms with Crippen LogP contribution < -0.4 is 19.5 Å². The van der Waals surface area contributed by atoms with Crippen molar-refractivity contribution in [3.8, 4) is 17.2 Å². The van der Waals surface area contributed by atoms with E-state index in [1.54, 1.807) is 21.3 Å². The van der Waals surface area contributed by atoms with Crippen LogP contribution in [0.3, 0.4) is 0 Å². The highest BCUT2D eigenvalue weighted by molar-refractivity contribution is 5.78. The molecule has 0 radical (unpaired) electrons. The lowest BCUT2D eigenvalue weighted by Gasteiger charge is -2.52. The van der Waals surface area contributed by atoms with Crippen LogP contribution in [0.1, 0.15) is 63.5 Å². The van der Waals surface area contributed by atoms with Gasteiger partial charge in [-0.15, -0.1) is 0 Å². The Morgan fingerprint density at radius 2 is 1.87 bits per heavy atom. The number of likely N-dealkylation sites (tertiary alicyclic amines) is 1. The average Bonchev–Trinajstić information content (AvgIpc) is 2.78. The van der Waals surface area contributed by atoms with Crippen molar-refractivity contribution in [3.05, 3.63) is 17.7 Å². The molecule has 0 bridgehead atoms. The van der Waals surface area contributed by atoms with Gasteiger partial charge < -0.3 is 24.6 Å². The van der Waals surface area contributed by atoms with Crippen molar-refractivity contribution in [2.75, 3.05) is 41.0 Å². The molecule has 2 N–H and O–H groups in total. The Labute approximate surface area is 186 Å². The second-order valence-corrected chi connectivity index (χ2v) is 8.78. The highest BCUT2D eigenvalue weighted by Gasteiger charge is 2.49. The van der Waals surface area contributed by atoms with Gasteiger partial charge in [-0.2, -0.15) is 0 Å². The summed E-state index contributed by atoms with van der Waals surface area (Å²) in [5.74, 6) is 1.82. The fraction of sp³-hybridized carbons (Fsp3) is 0.708. The van der Waals surface area contributed by atoms with Gasteiger partial charge in [-0.1, -0.05) is 26.2 Å². The van der Waals surface area contributed by atoms with Gasteiger partial charge in [0.25, 0.3) is 0 Å². The number of piperidine rings is 1. The molecule has 1 aromatic carbocycles. The number of nitrogens with one attached hydrogen (secondary N) is 1. The van der Waals surface area contributed by atoms with E-state index in [1.807, 2.05) is 12.1 Å². The summed E-state index contributed by atoms with van der Waals surface area (Å²) in [6, 6.07) is 3.84. The van der Waals surface area contributed by atoms with Gasteiger partial charge in [0.2, 0.25) is 11.7 Å². The van der Waals surface area contributed by atoms with Crippen molar-refractivity contribution < 1.29 is 24.1 Å². The van der Waals surface area contributed by atoms with Gasteiger partial charge in [-0.25, -0.2) is 0 Å². The van der Waals surface area contributed by atoms with Crippen LogP contribution in [-0.2, 0) is 4.79 Å². The van der Waals surface area contributed by atoms with Crippen molar-refractivity contribution in [2.45, 2.75) is 63.5 Å². The number of fused-ring (bicyclic) bond motifs is 1. The molecule has 2 aliphatic rings. The Morgan fingerprint density at radius 1 is 1.16 bits per heavy atom. The summed E-state index contributed by atoms with van der Waals surface area (Å²) < 4.78 is 16.7. The zero-order chi connectivity index (χ0) is 22.4. The number of benzene rings is 1. The number of hydrogen-bond donors (Lipinski definition) is 2. The average molecular weight is 435 g/mol. The first-order valence-electron chi connectivity index (χ1n) is 11.5. The van der Waals surface area contributed by atoms with E-state index >= 15 is 0 Å². The standard InChI is InChI=1S/C24H38N2O5/c1-5-6-12-25-21(27)16-26-13-11-24(28)10-8-7-9-18(24)22(26)17-14-19(29-2)23(31-4)20(15-17)30-3/h14-15,18,22,28H,5-13,16H2,1-4H3,(H,25,27)/t18-,22+,24-/m1/s1. The minimum Gasteiger partial charge on any atom is -0.493 e. The van der Waals surface area contributed by atoms with Gasteiger partial charge in [-0.05, 0) is 43.4 Å². The predicted molar refractivity (Wildman–Crippen MR) is 120 cm³/mol. The third kappa shape index (κ3) is 5.09. The summed E-state index contributed by atoms with van der Waals surface area (Å²) in [4.78, 5) is 14.9. The van der Waals surface area contributed by atoms with Crippen molar-refractivity contribution in [1.29, 1.82) is 0 Å². The molecule has 1 heterocycles. The summed E-state index contributed by atoms with van der Waals surface area (Å²) in [5.41, 5.74) is 0.291. The largest absolute Gasteiger partial charge is 0.493 e. The van der Waals surface area contributed by atoms with Crippen molar-refractivity contribution in [3.63, 3.8) is 0 Å². The zero-order valence-electron chi connectivity index (χ0n) is 19.4. The number of unbranched alkanes of at least 4 members (excludes halogenated alkanes) is 1. The molecule has 1 aromatic rings. The minimum absolute atomic E-state index is 0.0344. The molecule has 1 amide bonds. The first-order valence-corrected chi connectivity index (χ1v) is 11.5. The first-order chi connectivity index (χ1) is 15.0. The van der Waals surface area contributed by atoms with E-state index in [1.165, 1.54) is 0 Å². The van der Waals surface area contributed by atoms with Crippen LogP contribution in [0.15, 0.2) is 12.1 Å². The molecule has 0 unspecified atom stereocenters. The molecule has 7 nitrogen and oxygen atoms in total. The number of carbonyl (C=O) groups is 1. The summed E-state index contributed by atoms with van der Waals surface area (Å²) in [5, 5.41) is 14.5. The number of carbonyl (C=O) groups excluding carboxylic acids is 1. The van der Waals surface area contributed by atoms with Crippen LogP contribution in [0.4, 0.5) is 0 Å². The van der Waals surface area contributed by atoms with E-state index in [0.29, 0.717) is 43.3 Å². The smallest absolute Gasteiger partial charge is 0.234 e. The van der Waals surface area contributed by atoms with Crippen molar-refractivity contribution >= 4 is 5.91 Å². The van der Waals surface area contributed by atoms with E-state index in [2.05, 4.69) is 17.1 Å². The number of rotatable bonds is 9. The van der Waals surface area contributed by atoms with Gasteiger partial charge in [0.05, 0.1) is 33.5 Å². The first kappa shape index (κ1) is 23.7. The van der Waals surface area contributed by atoms with Crippen molar-refractivity contribution in [1.82, 2.24) is 10.2 Å². The number of hydrogen-bond acceptors (Lipinski definition) is 6. The molecular weight excluding hydrogens is 396 g/mol. The molecule has 1 aliphatic carbocycles. The van der Waals surface area contributed by atoms with Gasteiger partial charge in [-0.3, -0.25) is 9.69 Å². The second kappa shape index (κ2) is 10.6. The molecule has 1 saturated heterocycles. The SMILES string of the molecule is CCCCNC(=O)CN1CC[C@]2(O)CCCC[C@@H]2[C@@H]1c1cc(OC)c(OC)c(OC)c1. The third-order valence-corrected chi connectivity index (χ3v) is 6.90. The van der Waals surface area contributed by atoms with Crippen LogP contribution in [0, 0.1) is 5.92 Å². The molecule has 2 fully saturated rings. The van der Waals surface area contributed by atoms with Gasteiger partial charge in [0, 0.05) is 25.0 Å². The Kier molecular flexibility index (Phi) is 8.06. The highest BCUT2D eigenvalue weighted by Crippen LogP contribution is 2.51. The van der Waals surface area contributed by atoms with E-state index in [-0.39, 0.29) is 17.9 Å². The fourth-order valence-corrected chi connectivity index (χ4v) is 5.28. The number of aliphatic hydroxyl groups is 1. The van der Waals surface area contributed by atoms with E-state index in [4.69, 9.17) is 14.2 Å². The number of amides is 1. The lowest BCUT2D eigenvalue weighted by molar-refractivity contribution is -0.137. The third-order valence-electron chi connectivity index (χ3n) is 6.90. The number of ether oxygens (including phenoxy) is 3. The van der Waals surface area contributed by atoms with E-state index in [9.17, 15) is 9.90 Å². The van der Waals surface area contributed by atoms with E-state index < -0.39 is 5.60 Å². The predicted octanol–water partition coefficient (Wildman–Crippen LogP) is 3.30. The summed E-state index contributed by atoms with van der Waals surface area (Å²) in [6.45, 7) is 3.81. The van der Waals surface area contributed by atoms with Gasteiger partial charge >= 0.3 is 0 Å². The molecule has 7 heteroatoms. The van der Waals surface area contributed by atoms with Gasteiger partial charge in [0.1, 0.15) is 0 Å². The molecular formula is C24H38N2O5. The Hall–Kier alpha value is -1.99. The van der Waals surface area contributed by atoms with Crippen molar-refractivity contribution in [2.24, 2.45) is 5.92 Å². The van der Waals surface area contributed by atoms with Crippen LogP contribution in [0.5, 0.6) is 17.2 Å². The molecule has 1 aliphatic heterocycles. The molecule has 0 aromatic heterocycles. The molecule has 3 atom stereocenters. The van der Waals surface area contributed by atoms with Crippen LogP contribution in [-0.4, -0.2) is 62.5 Å². The highest BCUT2D eigenvalue weighted by atomic mass is 16.5. The number of methoxy groups -OCH3 is 3. The zero-order valence-corrected chi connectivity index (χ0v) is 19.4. The topological polar surface area (TPSA) is 80.3 Å². The monoisotopic (exact) mass is 434 g/mol. The van der Waals surface area contributed by atoms with Crippen LogP contribution in [0.25, 0.3) is 0 Å². The fourth-order valence-electron chi connectivity index (χ4n) is 5.28. The quantitative estimate of drug-likeness (QED) is 0.581. The summed E-state index contributed by atoms with van der Waals surface area (Å²) >= 11 is 0.